The monoisotopic (exact) mass is 525 g/mol. The molecule has 0 rings (SSSR count). The Balaban J connectivity index is 3.18. The maximum absolute atomic E-state index is 11.5. The van der Waals surface area contributed by atoms with Crippen LogP contribution >= 0.6 is 0 Å². The summed E-state index contributed by atoms with van der Waals surface area (Å²) in [5, 5.41) is 10.9. The standard InChI is InChI=1S/C23H43NO12/c1-23(2,3)36-22(28)4-6-29-8-10-31-12-14-33-16-17-34-15-13-32-11-9-30-7-5-24-20(25)18-35-19-21(26)27/h4-19H2,1-3H3,(H,24,25)(H,26,27). The van der Waals surface area contributed by atoms with E-state index in [0.29, 0.717) is 85.8 Å². The molecule has 0 aliphatic carbocycles. The number of amides is 1. The van der Waals surface area contributed by atoms with Crippen molar-refractivity contribution >= 4 is 17.8 Å². The van der Waals surface area contributed by atoms with Crippen molar-refractivity contribution in [2.45, 2.75) is 32.8 Å². The Bertz CT molecular complexity index is 568. The molecule has 0 aliphatic heterocycles. The summed E-state index contributed by atoms with van der Waals surface area (Å²) in [6.45, 7) is 9.84. The number of carbonyl (C=O) groups is 3. The average Bonchev–Trinajstić information content (AvgIpc) is 2.78. The van der Waals surface area contributed by atoms with Crippen LogP contribution in [-0.2, 0) is 52.3 Å². The molecule has 212 valence electrons. The van der Waals surface area contributed by atoms with Gasteiger partial charge in [0.1, 0.15) is 18.8 Å². The van der Waals surface area contributed by atoms with Crippen LogP contribution in [0.2, 0.25) is 0 Å². The lowest BCUT2D eigenvalue weighted by Gasteiger charge is -2.19. The van der Waals surface area contributed by atoms with Gasteiger partial charge in [-0.1, -0.05) is 0 Å². The van der Waals surface area contributed by atoms with Gasteiger partial charge in [-0.05, 0) is 20.8 Å². The van der Waals surface area contributed by atoms with Crippen LogP contribution in [0.1, 0.15) is 27.2 Å². The van der Waals surface area contributed by atoms with Gasteiger partial charge in [0.2, 0.25) is 5.91 Å². The number of ether oxygens (including phenoxy) is 8. The fourth-order valence-electron chi connectivity index (χ4n) is 2.29. The highest BCUT2D eigenvalue weighted by atomic mass is 16.6. The number of esters is 1. The van der Waals surface area contributed by atoms with Crippen LogP contribution in [0.3, 0.4) is 0 Å². The molecule has 0 aromatic carbocycles. The van der Waals surface area contributed by atoms with E-state index in [1.165, 1.54) is 0 Å². The van der Waals surface area contributed by atoms with Gasteiger partial charge in [-0.25, -0.2) is 4.79 Å². The fraction of sp³-hybridized carbons (Fsp3) is 0.870. The third-order valence-corrected chi connectivity index (χ3v) is 3.76. The van der Waals surface area contributed by atoms with Crippen molar-refractivity contribution in [2.24, 2.45) is 0 Å². The van der Waals surface area contributed by atoms with Crippen molar-refractivity contribution in [1.29, 1.82) is 0 Å². The van der Waals surface area contributed by atoms with Crippen molar-refractivity contribution in [1.82, 2.24) is 5.32 Å². The van der Waals surface area contributed by atoms with Gasteiger partial charge in [0.25, 0.3) is 0 Å². The topological polar surface area (TPSA) is 157 Å². The van der Waals surface area contributed by atoms with Gasteiger partial charge in [0, 0.05) is 6.54 Å². The molecule has 0 aromatic rings. The van der Waals surface area contributed by atoms with Gasteiger partial charge >= 0.3 is 11.9 Å². The summed E-state index contributed by atoms with van der Waals surface area (Å²) in [4.78, 5) is 33.1. The Morgan fingerprint density at radius 1 is 0.611 bits per heavy atom. The highest BCUT2D eigenvalue weighted by molar-refractivity contribution is 5.77. The number of carbonyl (C=O) groups excluding carboxylic acids is 2. The van der Waals surface area contributed by atoms with Crippen molar-refractivity contribution in [3.05, 3.63) is 0 Å². The Morgan fingerprint density at radius 2 is 1.03 bits per heavy atom. The third-order valence-electron chi connectivity index (χ3n) is 3.76. The van der Waals surface area contributed by atoms with Gasteiger partial charge in [-0.3, -0.25) is 9.59 Å². The third kappa shape index (κ3) is 28.4. The quantitative estimate of drug-likeness (QED) is 0.122. The normalized spacial score (nSPS) is 11.4. The second kappa shape index (κ2) is 23.5. The van der Waals surface area contributed by atoms with Gasteiger partial charge in [-0.2, -0.15) is 0 Å². The Labute approximate surface area is 213 Å². The van der Waals surface area contributed by atoms with Crippen molar-refractivity contribution in [3.63, 3.8) is 0 Å². The van der Waals surface area contributed by atoms with E-state index in [9.17, 15) is 14.4 Å². The number of rotatable bonds is 25. The molecule has 0 spiro atoms. The summed E-state index contributed by atoms with van der Waals surface area (Å²) in [5.74, 6) is -1.80. The molecule has 0 saturated heterocycles. The number of nitrogens with one attached hydrogen (secondary N) is 1. The van der Waals surface area contributed by atoms with Crippen LogP contribution in [0.15, 0.2) is 0 Å². The molecular formula is C23H43NO12. The van der Waals surface area contributed by atoms with Gasteiger partial charge < -0.3 is 48.3 Å². The maximum Gasteiger partial charge on any atom is 0.329 e. The number of aliphatic carboxylic acids is 1. The zero-order valence-corrected chi connectivity index (χ0v) is 21.8. The first kappa shape index (κ1) is 34.1. The van der Waals surface area contributed by atoms with Crippen molar-refractivity contribution in [3.8, 4) is 0 Å². The average molecular weight is 526 g/mol. The summed E-state index contributed by atoms with van der Waals surface area (Å²) in [5.41, 5.74) is -0.482. The van der Waals surface area contributed by atoms with Crippen LogP contribution in [0.5, 0.6) is 0 Å². The molecule has 0 fully saturated rings. The zero-order chi connectivity index (χ0) is 26.9. The zero-order valence-electron chi connectivity index (χ0n) is 21.8. The van der Waals surface area contributed by atoms with Crippen molar-refractivity contribution in [2.75, 3.05) is 99.0 Å². The number of hydrogen-bond donors (Lipinski definition) is 2. The van der Waals surface area contributed by atoms with E-state index in [4.69, 9.17) is 38.3 Å². The molecule has 1 amide bonds. The van der Waals surface area contributed by atoms with E-state index >= 15 is 0 Å². The van der Waals surface area contributed by atoms with Crippen molar-refractivity contribution < 1.29 is 57.4 Å². The van der Waals surface area contributed by atoms with E-state index in [2.05, 4.69) is 10.1 Å². The predicted molar refractivity (Wildman–Crippen MR) is 127 cm³/mol. The summed E-state index contributed by atoms with van der Waals surface area (Å²) < 4.78 is 42.0. The molecule has 2 N–H and O–H groups in total. The first-order chi connectivity index (χ1) is 17.2. The fourth-order valence-corrected chi connectivity index (χ4v) is 2.29. The summed E-state index contributed by atoms with van der Waals surface area (Å²) in [7, 11) is 0. The van der Waals surface area contributed by atoms with Gasteiger partial charge in [-0.15, -0.1) is 0 Å². The Kier molecular flexibility index (Phi) is 22.3. The molecule has 0 atom stereocenters. The first-order valence-corrected chi connectivity index (χ1v) is 11.9. The number of carboxylic acids is 1. The number of carboxylic acid groups (broad SMARTS) is 1. The molecule has 0 radical (unpaired) electrons. The minimum absolute atomic E-state index is 0.219. The smallest absolute Gasteiger partial charge is 0.329 e. The molecule has 0 aliphatic rings. The molecule has 0 heterocycles. The second-order valence-corrected chi connectivity index (χ2v) is 8.25. The molecule has 36 heavy (non-hydrogen) atoms. The van der Waals surface area contributed by atoms with Crippen LogP contribution in [-0.4, -0.2) is 128 Å². The summed E-state index contributed by atoms with van der Waals surface area (Å²) in [6.07, 6.45) is 0.219. The predicted octanol–water partition coefficient (Wildman–Crippen LogP) is 0.0352. The molecule has 13 nitrogen and oxygen atoms in total. The number of hydrogen-bond acceptors (Lipinski definition) is 11. The van der Waals surface area contributed by atoms with Crippen LogP contribution < -0.4 is 5.32 Å². The maximum atomic E-state index is 11.5. The minimum atomic E-state index is -1.13. The van der Waals surface area contributed by atoms with Crippen LogP contribution in [0, 0.1) is 0 Å². The SMILES string of the molecule is CC(C)(C)OC(=O)CCOCCOCCOCCOCCOCCOCCNC(=O)COCC(=O)O. The van der Waals surface area contributed by atoms with Crippen LogP contribution in [0.4, 0.5) is 0 Å². The minimum Gasteiger partial charge on any atom is -0.480 e. The largest absolute Gasteiger partial charge is 0.480 e. The molecule has 0 aromatic heterocycles. The molecule has 13 heteroatoms. The lowest BCUT2D eigenvalue weighted by molar-refractivity contribution is -0.156. The van der Waals surface area contributed by atoms with Gasteiger partial charge in [0.05, 0.1) is 85.7 Å². The van der Waals surface area contributed by atoms with Gasteiger partial charge in [0.15, 0.2) is 0 Å². The Morgan fingerprint density at radius 3 is 1.44 bits per heavy atom. The summed E-state index contributed by atoms with van der Waals surface area (Å²) >= 11 is 0. The lowest BCUT2D eigenvalue weighted by Crippen LogP contribution is -2.31. The molecule has 0 unspecified atom stereocenters. The highest BCUT2D eigenvalue weighted by Crippen LogP contribution is 2.07. The van der Waals surface area contributed by atoms with E-state index < -0.39 is 24.1 Å². The Hall–Kier alpha value is -1.87. The van der Waals surface area contributed by atoms with Crippen LogP contribution in [0.25, 0.3) is 0 Å². The second-order valence-electron chi connectivity index (χ2n) is 8.25. The lowest BCUT2D eigenvalue weighted by atomic mass is 10.2. The van der Waals surface area contributed by atoms with E-state index in [-0.39, 0.29) is 19.0 Å². The molecule has 0 bridgehead atoms. The van der Waals surface area contributed by atoms with E-state index in [1.54, 1.807) is 0 Å². The first-order valence-electron chi connectivity index (χ1n) is 11.9. The van der Waals surface area contributed by atoms with E-state index in [0.717, 1.165) is 0 Å². The summed E-state index contributed by atoms with van der Waals surface area (Å²) in [6, 6.07) is 0. The van der Waals surface area contributed by atoms with E-state index in [1.807, 2.05) is 20.8 Å². The highest BCUT2D eigenvalue weighted by Gasteiger charge is 2.15. The molecular weight excluding hydrogens is 482 g/mol. The molecule has 0 saturated carbocycles.